The molecule has 31 heavy (non-hydrogen) atoms. The largest absolute Gasteiger partial charge is 2.00 e. The van der Waals surface area contributed by atoms with Crippen molar-refractivity contribution in [3.05, 3.63) is 0 Å². The van der Waals surface area contributed by atoms with Crippen LogP contribution >= 0.6 is 0 Å². The fourth-order valence-electron chi connectivity index (χ4n) is 2.75. The Labute approximate surface area is 185 Å². The van der Waals surface area contributed by atoms with Crippen molar-refractivity contribution >= 4 is 58.2 Å². The fourth-order valence-corrected chi connectivity index (χ4v) is 2.75. The second-order valence-electron chi connectivity index (χ2n) is 6.07. The Morgan fingerprint density at radius 1 is 0.419 bits per heavy atom. The number of hydrogen-bond acceptors (Lipinski definition) is 12. The third kappa shape index (κ3) is 5.92. The van der Waals surface area contributed by atoms with E-state index >= 15 is 0 Å². The fraction of sp³-hybridized carbons (Fsp3) is 0.444. The molecule has 0 aliphatic rings. The summed E-state index contributed by atoms with van der Waals surface area (Å²) in [6.45, 7) is 4.85. The maximum absolute atomic E-state index is 11.2. The van der Waals surface area contributed by atoms with E-state index in [1.54, 1.807) is 0 Å². The van der Waals surface area contributed by atoms with Crippen molar-refractivity contribution in [2.75, 3.05) is 0 Å². The van der Waals surface area contributed by atoms with E-state index in [0.717, 1.165) is 41.5 Å². The molecule has 0 aromatic rings. The molecule has 0 amide bonds. The van der Waals surface area contributed by atoms with Crippen LogP contribution in [-0.4, -0.2) is 58.2 Å². The molecule has 0 unspecified atom stereocenters. The third-order valence-corrected chi connectivity index (χ3v) is 4.22. The van der Waals surface area contributed by atoms with Gasteiger partial charge in [-0.05, 0) is 41.5 Å². The van der Waals surface area contributed by atoms with Crippen LogP contribution in [0.5, 0.6) is 0 Å². The monoisotopic (exact) mass is 485 g/mol. The molecule has 0 aromatic carbocycles. The van der Waals surface area contributed by atoms with Gasteiger partial charge in [-0.15, -0.1) is 0 Å². The molecule has 0 rings (SSSR count). The zero-order valence-corrected chi connectivity index (χ0v) is 18.3. The number of aliphatic carboxylic acids is 2. The van der Waals surface area contributed by atoms with Crippen molar-refractivity contribution in [1.29, 1.82) is 0 Å². The zero-order chi connectivity index (χ0) is 24.8. The first-order valence-corrected chi connectivity index (χ1v) is 7.95. The quantitative estimate of drug-likeness (QED) is 0.214. The summed E-state index contributed by atoms with van der Waals surface area (Å²) in [5, 5.41) is 20.7. The third-order valence-electron chi connectivity index (χ3n) is 4.22. The van der Waals surface area contributed by atoms with Gasteiger partial charge in [0.1, 0.15) is 11.9 Å². The summed E-state index contributed by atoms with van der Waals surface area (Å²) < 4.78 is 0. The van der Waals surface area contributed by atoms with E-state index in [2.05, 4.69) is 0 Å². The first kappa shape index (κ1) is 32.5. The van der Waals surface area contributed by atoms with Crippen molar-refractivity contribution in [3.8, 4) is 0 Å². The van der Waals surface area contributed by atoms with E-state index in [4.69, 9.17) is 0 Å². The summed E-state index contributed by atoms with van der Waals surface area (Å²) in [6.07, 6.45) is 0. The molecule has 0 aliphatic carbocycles. The molecule has 0 saturated heterocycles. The second kappa shape index (κ2) is 11.9. The van der Waals surface area contributed by atoms with Crippen LogP contribution in [0.1, 0.15) is 41.5 Å². The Balaban J connectivity index is -0.000000490. The topological polar surface area (TPSA) is 217 Å². The number of carboxylic acids is 2. The van der Waals surface area contributed by atoms with Gasteiger partial charge in [0.05, 0.1) is 0 Å². The Morgan fingerprint density at radius 2 is 0.548 bits per heavy atom. The van der Waals surface area contributed by atoms with Gasteiger partial charge >= 0.3 is 16.8 Å². The van der Waals surface area contributed by atoms with Gasteiger partial charge in [0, 0.05) is 0 Å². The number of carbonyl (C=O) groups is 10. The number of rotatable bonds is 10. The standard InChI is InChI=1S/2C9H10O6.Co/c2*1-4(10)9(5(2)11,6(3)12)7(13)8(14)15;/h2*1-3H3,(H,14,15);/q;;+2/p-2. The second-order valence-corrected chi connectivity index (χ2v) is 6.07. The number of carbonyl (C=O) groups excluding carboxylic acids is 10. The predicted molar refractivity (Wildman–Crippen MR) is 89.0 cm³/mol. The Kier molecular flexibility index (Phi) is 12.4. The molecule has 0 aliphatic heterocycles. The van der Waals surface area contributed by atoms with Gasteiger partial charge in [0.25, 0.3) is 0 Å². The Bertz CT molecular complexity index is 736. The number of Topliss-reactive ketones (excluding diaryl/α,β-unsaturated/α-hetero) is 8. The molecule has 13 heteroatoms. The van der Waals surface area contributed by atoms with Crippen LogP contribution in [0.3, 0.4) is 0 Å². The van der Waals surface area contributed by atoms with Gasteiger partial charge in [-0.25, -0.2) is 0 Å². The molecule has 0 bridgehead atoms. The minimum Gasteiger partial charge on any atom is -0.542 e. The van der Waals surface area contributed by atoms with Crippen LogP contribution in [-0.2, 0) is 64.7 Å². The van der Waals surface area contributed by atoms with E-state index in [1.165, 1.54) is 0 Å². The first-order chi connectivity index (χ1) is 13.4. The molecule has 1 radical (unpaired) electrons. The van der Waals surface area contributed by atoms with Gasteiger partial charge in [0.2, 0.25) is 22.4 Å². The van der Waals surface area contributed by atoms with Crippen LogP contribution in [0.25, 0.3) is 0 Å². The summed E-state index contributed by atoms with van der Waals surface area (Å²) in [5.74, 6) is -14.8. The normalized spacial score (nSPS) is 10.3. The van der Waals surface area contributed by atoms with Gasteiger partial charge in [-0.1, -0.05) is 0 Å². The summed E-state index contributed by atoms with van der Waals surface area (Å²) >= 11 is 0. The molecule has 0 aromatic heterocycles. The Morgan fingerprint density at radius 3 is 0.581 bits per heavy atom. The summed E-state index contributed by atoms with van der Waals surface area (Å²) in [5.41, 5.74) is -5.47. The maximum atomic E-state index is 11.2. The molecular weight excluding hydrogens is 467 g/mol. The van der Waals surface area contributed by atoms with Crippen LogP contribution in [0.4, 0.5) is 0 Å². The molecule has 0 fully saturated rings. The van der Waals surface area contributed by atoms with Crippen molar-refractivity contribution in [2.24, 2.45) is 10.8 Å². The molecule has 0 saturated carbocycles. The minimum absolute atomic E-state index is 0. The molecular formula is C18H18CoO12. The van der Waals surface area contributed by atoms with Crippen molar-refractivity contribution in [3.63, 3.8) is 0 Å². The predicted octanol–water partition coefficient (Wildman–Crippen LogP) is -3.88. The van der Waals surface area contributed by atoms with Crippen molar-refractivity contribution < 1.29 is 74.9 Å². The molecule has 0 atom stereocenters. The Hall–Kier alpha value is -3.19. The number of carboxylic acid groups (broad SMARTS) is 2. The minimum atomic E-state index is -2.74. The average molecular weight is 485 g/mol. The number of hydrogen-bond donors (Lipinski definition) is 0. The van der Waals surface area contributed by atoms with Crippen LogP contribution in [0.2, 0.25) is 0 Å². The van der Waals surface area contributed by atoms with Gasteiger partial charge in [0.15, 0.2) is 34.7 Å². The van der Waals surface area contributed by atoms with Gasteiger partial charge < -0.3 is 19.8 Å². The van der Waals surface area contributed by atoms with E-state index in [9.17, 15) is 58.2 Å². The van der Waals surface area contributed by atoms with Crippen molar-refractivity contribution in [2.45, 2.75) is 41.5 Å². The maximum Gasteiger partial charge on any atom is 2.00 e. The number of ketones is 8. The average Bonchev–Trinajstić information content (AvgIpc) is 2.53. The molecule has 0 heterocycles. The van der Waals surface area contributed by atoms with Crippen LogP contribution in [0, 0.1) is 10.8 Å². The molecule has 0 N–H and O–H groups in total. The zero-order valence-electron chi connectivity index (χ0n) is 17.2. The SMILES string of the molecule is CC(=O)C(C(C)=O)(C(C)=O)C(=O)C(=O)[O-].CC(=O)C(C(C)=O)(C(C)=O)C(=O)C(=O)[O-].[Co+2]. The van der Waals surface area contributed by atoms with E-state index in [0.29, 0.717) is 0 Å². The summed E-state index contributed by atoms with van der Waals surface area (Å²) in [7, 11) is 0. The van der Waals surface area contributed by atoms with E-state index in [1.807, 2.05) is 0 Å². The van der Waals surface area contributed by atoms with E-state index < -0.39 is 69.0 Å². The van der Waals surface area contributed by atoms with E-state index in [-0.39, 0.29) is 16.8 Å². The molecule has 0 spiro atoms. The summed E-state index contributed by atoms with van der Waals surface area (Å²) in [4.78, 5) is 110. The molecule has 12 nitrogen and oxygen atoms in total. The van der Waals surface area contributed by atoms with Crippen molar-refractivity contribution in [1.82, 2.24) is 0 Å². The summed E-state index contributed by atoms with van der Waals surface area (Å²) in [6, 6.07) is 0. The van der Waals surface area contributed by atoms with Gasteiger partial charge in [-0.2, -0.15) is 0 Å². The van der Waals surface area contributed by atoms with Crippen LogP contribution in [0.15, 0.2) is 0 Å². The van der Waals surface area contributed by atoms with Crippen LogP contribution < -0.4 is 10.2 Å². The first-order valence-electron chi connectivity index (χ1n) is 7.95. The van der Waals surface area contributed by atoms with Gasteiger partial charge in [-0.3, -0.25) is 38.4 Å². The smallest absolute Gasteiger partial charge is 0.542 e. The molecule has 171 valence electrons.